The minimum Gasteiger partial charge on any atom is -0.374 e. The molecular weight excluding hydrogens is 340 g/mol. The summed E-state index contributed by atoms with van der Waals surface area (Å²) in [6.07, 6.45) is 1.04. The van der Waals surface area contributed by atoms with Gasteiger partial charge in [-0.2, -0.15) is 0 Å². The standard InChI is InChI=1S/C22H26N2O3/c1-17(18-9-4-2-5-10-18)27-14-8-13-23-22(26)19-15-21(25)24(16-19)20-11-6-3-7-12-20/h2-7,9-12,17,19H,8,13-16H2,1H3,(H,23,26). The minimum atomic E-state index is -0.290. The lowest BCUT2D eigenvalue weighted by Crippen LogP contribution is -2.33. The summed E-state index contributed by atoms with van der Waals surface area (Å²) in [6, 6.07) is 19.6. The third-order valence-corrected chi connectivity index (χ3v) is 4.82. The van der Waals surface area contributed by atoms with Gasteiger partial charge in [-0.3, -0.25) is 9.59 Å². The van der Waals surface area contributed by atoms with Gasteiger partial charge in [-0.25, -0.2) is 0 Å². The van der Waals surface area contributed by atoms with Crippen LogP contribution in [0.5, 0.6) is 0 Å². The normalized spacial score (nSPS) is 17.7. The molecule has 1 heterocycles. The van der Waals surface area contributed by atoms with Crippen LogP contribution >= 0.6 is 0 Å². The monoisotopic (exact) mass is 366 g/mol. The SMILES string of the molecule is CC(OCCCNC(=O)C1CC(=O)N(c2ccccc2)C1)c1ccccc1. The molecular formula is C22H26N2O3. The van der Waals surface area contributed by atoms with Gasteiger partial charge in [0.25, 0.3) is 0 Å². The largest absolute Gasteiger partial charge is 0.374 e. The second-order valence-electron chi connectivity index (χ2n) is 6.81. The third kappa shape index (κ3) is 5.17. The van der Waals surface area contributed by atoms with Gasteiger partial charge < -0.3 is 15.0 Å². The van der Waals surface area contributed by atoms with Crippen LogP contribution in [0.1, 0.15) is 31.4 Å². The number of carbonyl (C=O) groups is 2. The van der Waals surface area contributed by atoms with Crippen LogP contribution in [0.2, 0.25) is 0 Å². The molecule has 2 amide bonds. The van der Waals surface area contributed by atoms with Crippen molar-refractivity contribution in [1.82, 2.24) is 5.32 Å². The number of nitrogens with one attached hydrogen (secondary N) is 1. The Labute approximate surface area is 160 Å². The predicted octanol–water partition coefficient (Wildman–Crippen LogP) is 3.32. The van der Waals surface area contributed by atoms with Crippen LogP contribution in [-0.2, 0) is 14.3 Å². The highest BCUT2D eigenvalue weighted by Crippen LogP contribution is 2.24. The van der Waals surface area contributed by atoms with Crippen LogP contribution in [0.25, 0.3) is 0 Å². The molecule has 3 rings (SSSR count). The summed E-state index contributed by atoms with van der Waals surface area (Å²) >= 11 is 0. The van der Waals surface area contributed by atoms with Crippen LogP contribution in [0.4, 0.5) is 5.69 Å². The Balaban J connectivity index is 1.37. The van der Waals surface area contributed by atoms with Gasteiger partial charge in [0.05, 0.1) is 12.0 Å². The fraction of sp³-hybridized carbons (Fsp3) is 0.364. The van der Waals surface area contributed by atoms with Crippen LogP contribution < -0.4 is 10.2 Å². The molecule has 0 saturated carbocycles. The number of rotatable bonds is 8. The molecule has 2 atom stereocenters. The van der Waals surface area contributed by atoms with Gasteiger partial charge >= 0.3 is 0 Å². The van der Waals surface area contributed by atoms with E-state index in [1.807, 2.05) is 67.6 Å². The maximum absolute atomic E-state index is 12.4. The van der Waals surface area contributed by atoms with E-state index < -0.39 is 0 Å². The van der Waals surface area contributed by atoms with Gasteiger partial charge in [-0.05, 0) is 31.0 Å². The highest BCUT2D eigenvalue weighted by atomic mass is 16.5. The quantitative estimate of drug-likeness (QED) is 0.729. The van der Waals surface area contributed by atoms with E-state index in [-0.39, 0.29) is 30.3 Å². The van der Waals surface area contributed by atoms with Gasteiger partial charge in [0.2, 0.25) is 11.8 Å². The lowest BCUT2D eigenvalue weighted by molar-refractivity contribution is -0.126. The molecule has 142 valence electrons. The third-order valence-electron chi connectivity index (χ3n) is 4.82. The number of para-hydroxylation sites is 1. The van der Waals surface area contributed by atoms with E-state index in [2.05, 4.69) is 5.32 Å². The second-order valence-corrected chi connectivity index (χ2v) is 6.81. The van der Waals surface area contributed by atoms with Gasteiger partial charge in [0, 0.05) is 31.8 Å². The van der Waals surface area contributed by atoms with Gasteiger partial charge in [0.1, 0.15) is 0 Å². The number of ether oxygens (including phenoxy) is 1. The second kappa shape index (κ2) is 9.33. The smallest absolute Gasteiger partial charge is 0.227 e. The van der Waals surface area contributed by atoms with Gasteiger partial charge in [-0.15, -0.1) is 0 Å². The van der Waals surface area contributed by atoms with Crippen molar-refractivity contribution >= 4 is 17.5 Å². The number of amides is 2. The zero-order chi connectivity index (χ0) is 19.1. The van der Waals surface area contributed by atoms with Crippen molar-refractivity contribution in [3.8, 4) is 0 Å². The molecule has 0 radical (unpaired) electrons. The fourth-order valence-corrected chi connectivity index (χ4v) is 3.25. The molecule has 2 unspecified atom stereocenters. The van der Waals surface area contributed by atoms with Gasteiger partial charge in [-0.1, -0.05) is 48.5 Å². The van der Waals surface area contributed by atoms with E-state index in [4.69, 9.17) is 4.74 Å². The topological polar surface area (TPSA) is 58.6 Å². The Morgan fingerprint density at radius 2 is 1.81 bits per heavy atom. The Hall–Kier alpha value is -2.66. The lowest BCUT2D eigenvalue weighted by atomic mass is 10.1. The summed E-state index contributed by atoms with van der Waals surface area (Å²) in [5, 5.41) is 2.93. The van der Waals surface area contributed by atoms with Crippen molar-refractivity contribution in [2.45, 2.75) is 25.9 Å². The molecule has 1 aliphatic rings. The number of nitrogens with zero attached hydrogens (tertiary/aromatic N) is 1. The van der Waals surface area contributed by atoms with E-state index in [9.17, 15) is 9.59 Å². The molecule has 5 nitrogen and oxygen atoms in total. The molecule has 2 aromatic carbocycles. The summed E-state index contributed by atoms with van der Waals surface area (Å²) in [6.45, 7) is 3.60. The van der Waals surface area contributed by atoms with Crippen molar-refractivity contribution < 1.29 is 14.3 Å². The Bertz CT molecular complexity index is 749. The van der Waals surface area contributed by atoms with E-state index in [1.54, 1.807) is 4.90 Å². The Kier molecular flexibility index (Phi) is 6.60. The van der Waals surface area contributed by atoms with Crippen molar-refractivity contribution in [2.24, 2.45) is 5.92 Å². The highest BCUT2D eigenvalue weighted by Gasteiger charge is 2.34. The highest BCUT2D eigenvalue weighted by molar-refractivity contribution is 6.00. The zero-order valence-corrected chi connectivity index (χ0v) is 15.6. The van der Waals surface area contributed by atoms with Crippen molar-refractivity contribution in [3.63, 3.8) is 0 Å². The first-order valence-electron chi connectivity index (χ1n) is 9.45. The van der Waals surface area contributed by atoms with Crippen LogP contribution in [0.3, 0.4) is 0 Å². The molecule has 1 saturated heterocycles. The fourth-order valence-electron chi connectivity index (χ4n) is 3.25. The minimum absolute atomic E-state index is 0.00127. The van der Waals surface area contributed by atoms with E-state index in [0.717, 1.165) is 17.7 Å². The van der Waals surface area contributed by atoms with Crippen molar-refractivity contribution in [3.05, 3.63) is 66.2 Å². The number of carbonyl (C=O) groups excluding carboxylic acids is 2. The molecule has 27 heavy (non-hydrogen) atoms. The zero-order valence-electron chi connectivity index (χ0n) is 15.6. The summed E-state index contributed by atoms with van der Waals surface area (Å²) in [5.74, 6) is -0.346. The van der Waals surface area contributed by atoms with E-state index in [0.29, 0.717) is 19.7 Å². The summed E-state index contributed by atoms with van der Waals surface area (Å²) in [5.41, 5.74) is 1.99. The number of anilines is 1. The number of hydrogen-bond donors (Lipinski definition) is 1. The summed E-state index contributed by atoms with van der Waals surface area (Å²) < 4.78 is 5.81. The van der Waals surface area contributed by atoms with E-state index >= 15 is 0 Å². The Morgan fingerprint density at radius 1 is 1.15 bits per heavy atom. The van der Waals surface area contributed by atoms with E-state index in [1.165, 1.54) is 0 Å². The number of benzene rings is 2. The molecule has 0 aliphatic carbocycles. The lowest BCUT2D eigenvalue weighted by Gasteiger charge is -2.16. The molecule has 1 N–H and O–H groups in total. The average molecular weight is 366 g/mol. The molecule has 1 aliphatic heterocycles. The average Bonchev–Trinajstić information content (AvgIpc) is 3.10. The first kappa shape index (κ1) is 19.1. The Morgan fingerprint density at radius 3 is 2.52 bits per heavy atom. The molecule has 0 bridgehead atoms. The maximum atomic E-state index is 12.4. The summed E-state index contributed by atoms with van der Waals surface area (Å²) in [7, 11) is 0. The van der Waals surface area contributed by atoms with Crippen LogP contribution in [0.15, 0.2) is 60.7 Å². The molecule has 2 aromatic rings. The van der Waals surface area contributed by atoms with Crippen LogP contribution in [0, 0.1) is 5.92 Å². The van der Waals surface area contributed by atoms with Crippen LogP contribution in [-0.4, -0.2) is 31.5 Å². The summed E-state index contributed by atoms with van der Waals surface area (Å²) in [4.78, 5) is 26.2. The predicted molar refractivity (Wildman–Crippen MR) is 105 cm³/mol. The van der Waals surface area contributed by atoms with Gasteiger partial charge in [0.15, 0.2) is 0 Å². The number of hydrogen-bond acceptors (Lipinski definition) is 3. The molecule has 0 aromatic heterocycles. The molecule has 1 fully saturated rings. The first-order valence-corrected chi connectivity index (χ1v) is 9.45. The molecule has 5 heteroatoms. The first-order chi connectivity index (χ1) is 13.1. The van der Waals surface area contributed by atoms with Crippen molar-refractivity contribution in [2.75, 3.05) is 24.6 Å². The van der Waals surface area contributed by atoms with Crippen molar-refractivity contribution in [1.29, 1.82) is 0 Å². The maximum Gasteiger partial charge on any atom is 0.227 e. The molecule has 0 spiro atoms.